The van der Waals surface area contributed by atoms with Crippen molar-refractivity contribution in [3.63, 3.8) is 0 Å². The van der Waals surface area contributed by atoms with Crippen LogP contribution >= 0.6 is 0 Å². The minimum Gasteiger partial charge on any atom is -0.508 e. The third kappa shape index (κ3) is 272. The molecule has 9 N–H and O–H groups in total. The Morgan fingerprint density at radius 1 is 0.378 bits per heavy atom. The van der Waals surface area contributed by atoms with Crippen molar-refractivity contribution < 1.29 is 35.1 Å². The molecule has 4 aromatic carbocycles. The van der Waals surface area contributed by atoms with Gasteiger partial charge in [-0.15, -0.1) is 0 Å². The van der Waals surface area contributed by atoms with Crippen LogP contribution in [0.15, 0.2) is 127 Å². The van der Waals surface area contributed by atoms with Gasteiger partial charge in [0.15, 0.2) is 5.60 Å². The summed E-state index contributed by atoms with van der Waals surface area (Å²) < 4.78 is 0. The fourth-order valence-electron chi connectivity index (χ4n) is 4.30. The molecule has 0 fully saturated rings. The molecule has 1 unspecified atom stereocenters. The summed E-state index contributed by atoms with van der Waals surface area (Å²) >= 11 is 0. The lowest BCUT2D eigenvalue weighted by Gasteiger charge is -2.18. The largest absolute Gasteiger partial charge is 0.508 e. The van der Waals surface area contributed by atoms with Gasteiger partial charge in [0, 0.05) is 0 Å². The third-order valence-electron chi connectivity index (χ3n) is 10.7. The molecular formula is C102H246N2O7. The highest BCUT2D eigenvalue weighted by atomic mass is 16.4. The number of hydrogen-bond acceptors (Lipinski definition) is 7. The Morgan fingerprint density at radius 2 is 0.595 bits per heavy atom. The molecule has 4 aromatic rings. The molecule has 0 aromatic heterocycles. The highest BCUT2D eigenvalue weighted by Gasteiger charge is 2.31. The van der Waals surface area contributed by atoms with Crippen LogP contribution in [0, 0.1) is 45.4 Å². The summed E-state index contributed by atoms with van der Waals surface area (Å²) in [4.78, 5) is 20.4. The van der Waals surface area contributed by atoms with Crippen LogP contribution in [-0.2, 0) is 9.59 Å². The molecule has 0 aliphatic rings. The predicted molar refractivity (Wildman–Crippen MR) is 555 cm³/mol. The van der Waals surface area contributed by atoms with Gasteiger partial charge in [-0.05, 0) is 134 Å². The Balaban J connectivity index is -0.0000000168. The molecule has 0 aliphatic carbocycles. The number of carboxylic acids is 2. The summed E-state index contributed by atoms with van der Waals surface area (Å²) in [5, 5.41) is 43.2. The van der Waals surface area contributed by atoms with Crippen LogP contribution in [0.25, 0.3) is 0 Å². The lowest BCUT2D eigenvalue weighted by molar-refractivity contribution is -0.159. The van der Waals surface area contributed by atoms with Crippen LogP contribution in [0.2, 0.25) is 0 Å². The summed E-state index contributed by atoms with van der Waals surface area (Å²) in [6, 6.07) is 37.6. The van der Waals surface area contributed by atoms with E-state index in [2.05, 4.69) is 206 Å². The van der Waals surface area contributed by atoms with E-state index in [4.69, 9.17) is 37.0 Å². The molecule has 0 heterocycles. The summed E-state index contributed by atoms with van der Waals surface area (Å²) in [7, 11) is 0. The quantitative estimate of drug-likeness (QED) is 0.0603. The van der Waals surface area contributed by atoms with Crippen molar-refractivity contribution in [3.8, 4) is 5.75 Å². The molecule has 0 spiro atoms. The lowest BCUT2D eigenvalue weighted by atomic mass is 9.98. The average Bonchev–Trinajstić information content (AvgIpc) is 0.901. The number of aromatic hydroxyl groups is 1. The second-order valence-electron chi connectivity index (χ2n) is 21.3. The van der Waals surface area contributed by atoms with Gasteiger partial charge in [0.25, 0.3) is 0 Å². The zero-order valence-corrected chi connectivity index (χ0v) is 63.4. The number of phenols is 1. The zero-order chi connectivity index (χ0) is 71.4. The van der Waals surface area contributed by atoms with Crippen LogP contribution in [-0.4, -0.2) is 62.3 Å². The molecule has 0 aliphatic heterocycles. The van der Waals surface area contributed by atoms with Crippen LogP contribution in [0.1, 0.15) is 462 Å². The number of carbonyl (C=O) groups is 2. The van der Waals surface area contributed by atoms with Gasteiger partial charge >= 0.3 is 11.9 Å². The van der Waals surface area contributed by atoms with Crippen LogP contribution in [0.3, 0.4) is 0 Å². The number of benzene rings is 4. The van der Waals surface area contributed by atoms with Gasteiger partial charge in [-0.1, -0.05) is 508 Å². The Labute approximate surface area is 720 Å². The maximum Gasteiger partial charge on any atom is 0.335 e. The fourth-order valence-corrected chi connectivity index (χ4v) is 4.30. The van der Waals surface area contributed by atoms with Crippen molar-refractivity contribution >= 4 is 11.9 Å². The monoisotopic (exact) mass is 1610 g/mol. The second kappa shape index (κ2) is 213. The number of allylic oxidation sites excluding steroid dienone is 2. The standard InChI is InChI=1S/C9H18.C8H10.2C7H8.C6H12O3.C6H12O2.C6H6O.C5H12O.C5H12.C3H9N.5C3H8.C2H7N.23CH4/c1-4-6-7-8-9(3)5-2;1-7-5-3-4-6-8(7)2;2*1-7-5-3-2-4-6-7;1-3-6(9,4-2)5(7)8;1-3-5(4-2)6(7)8;7-6-4-2-1-3-5-6;1-3-5(6)4-2;1-4-5(2)3;1-2-3-4;5*1-3-2;1-2-3;;;;;;;;;;;;;;;;;;;;;;;/h6-7,9H,4-5,8H2,1-3H3;3-6H,1-2H3;2*2-6H,1H3;9H,3-4H2,1-2H3,(H,7,8);5H,3-4H2,1-2H3,(H,7,8);1-5,7H;5-6H,3-4H2,1-2H3;5H,4H2,1-3H3;2-4H2,1H3;5*3H2,1-2H3;2-3H2,1H3;23*1H4. The number of aryl methyl sites for hydroxylation is 4. The van der Waals surface area contributed by atoms with Gasteiger partial charge in [-0.25, -0.2) is 4.79 Å². The minimum atomic E-state index is -1.50. The SMILES string of the molecule is C.C.C.C.C.C.C.C.C.C.C.C.C.C.C.C.C.C.C.C.C.C.C.CCC.CCC.CCC.CCC.CCC.CCC(C)C.CCC(CC)C(=O)O.CCC(O)(CC)C(=O)O.CCC(O)CC.CCC=CCC(C)CC.CCCN.CCN.Cc1ccccc1.Cc1ccccc1.Cc1ccccc1C.Oc1ccccc1. The van der Waals surface area contributed by atoms with Crippen LogP contribution < -0.4 is 11.5 Å². The van der Waals surface area contributed by atoms with Crippen molar-refractivity contribution in [2.24, 2.45) is 29.2 Å². The van der Waals surface area contributed by atoms with E-state index in [1.165, 1.54) is 80.0 Å². The summed E-state index contributed by atoms with van der Waals surface area (Å²) in [6.45, 7) is 59.6. The molecule has 706 valence electrons. The number of phenolic OH excluding ortho intramolecular Hbond substituents is 1. The van der Waals surface area contributed by atoms with E-state index in [9.17, 15) is 9.59 Å². The maximum atomic E-state index is 10.2. The van der Waals surface area contributed by atoms with Crippen LogP contribution in [0.4, 0.5) is 0 Å². The topological polar surface area (TPSA) is 187 Å². The smallest absolute Gasteiger partial charge is 0.335 e. The van der Waals surface area contributed by atoms with Crippen molar-refractivity contribution in [1.29, 1.82) is 0 Å². The number of nitrogens with two attached hydrogens (primary N) is 2. The van der Waals surface area contributed by atoms with Gasteiger partial charge in [0.1, 0.15) is 5.75 Å². The molecule has 111 heavy (non-hydrogen) atoms. The molecule has 1 atom stereocenters. The molecule has 9 heteroatoms. The Hall–Kier alpha value is -4.80. The van der Waals surface area contributed by atoms with E-state index < -0.39 is 17.5 Å². The van der Waals surface area contributed by atoms with Crippen molar-refractivity contribution in [3.05, 3.63) is 150 Å². The molecule has 9 nitrogen and oxygen atoms in total. The number of aliphatic hydroxyl groups excluding tert-OH is 1. The second-order valence-corrected chi connectivity index (χ2v) is 21.3. The highest BCUT2D eigenvalue weighted by molar-refractivity contribution is 5.76. The average molecular weight is 1610 g/mol. The number of hydrogen-bond donors (Lipinski definition) is 7. The predicted octanol–water partition coefficient (Wildman–Crippen LogP) is 38.5. The van der Waals surface area contributed by atoms with Crippen molar-refractivity contribution in [2.45, 2.75) is 479 Å². The van der Waals surface area contributed by atoms with E-state index in [1.54, 1.807) is 38.1 Å². The van der Waals surface area contributed by atoms with E-state index in [1.807, 2.05) is 77.1 Å². The summed E-state index contributed by atoms with van der Waals surface area (Å²) in [5.41, 5.74) is 13.8. The van der Waals surface area contributed by atoms with E-state index in [-0.39, 0.29) is 196 Å². The maximum absolute atomic E-state index is 10.2. The molecule has 4 rings (SSSR count). The first-order valence-electron chi connectivity index (χ1n) is 34.3. The summed E-state index contributed by atoms with van der Waals surface area (Å²) in [6.07, 6.45) is 20.6. The minimum absolute atomic E-state index is 0. The third-order valence-corrected chi connectivity index (χ3v) is 10.7. The summed E-state index contributed by atoms with van der Waals surface area (Å²) in [5.74, 6) is 0.141. The number of aliphatic hydroxyl groups is 2. The molecular weight excluding hydrogens is 1370 g/mol. The first-order valence-corrected chi connectivity index (χ1v) is 34.3. The Bertz CT molecular complexity index is 1640. The Kier molecular flexibility index (Phi) is 445. The van der Waals surface area contributed by atoms with Crippen LogP contribution in [0.5, 0.6) is 5.75 Å². The van der Waals surface area contributed by atoms with E-state index >= 15 is 0 Å². The first-order chi connectivity index (χ1) is 41.6. The molecule has 0 saturated carbocycles. The van der Waals surface area contributed by atoms with E-state index in [0.717, 1.165) is 57.0 Å². The first kappa shape index (κ1) is 232. The zero-order valence-electron chi connectivity index (χ0n) is 63.4. The molecule has 0 bridgehead atoms. The Morgan fingerprint density at radius 3 is 0.676 bits per heavy atom. The van der Waals surface area contributed by atoms with Gasteiger partial charge in [0.05, 0.1) is 12.0 Å². The number of aliphatic carboxylic acids is 2. The van der Waals surface area contributed by atoms with Gasteiger partial charge < -0.3 is 37.0 Å². The molecule has 0 amide bonds. The van der Waals surface area contributed by atoms with E-state index in [0.29, 0.717) is 5.75 Å². The number of rotatable bonds is 14. The van der Waals surface area contributed by atoms with Gasteiger partial charge in [-0.2, -0.15) is 0 Å². The normalized spacial score (nSPS) is 7.34. The number of para-hydroxylation sites is 1. The fraction of sp³-hybridized carbons (Fsp3) is 0.725. The van der Waals surface area contributed by atoms with Gasteiger partial charge in [-0.3, -0.25) is 4.79 Å². The van der Waals surface area contributed by atoms with Crippen molar-refractivity contribution in [2.75, 3.05) is 13.1 Å². The molecule has 0 saturated heterocycles. The highest BCUT2D eigenvalue weighted by Crippen LogP contribution is 2.14. The number of carboxylic acid groups (broad SMARTS) is 2. The lowest BCUT2D eigenvalue weighted by Crippen LogP contribution is -2.36. The van der Waals surface area contributed by atoms with Crippen molar-refractivity contribution in [1.82, 2.24) is 0 Å². The molecule has 0 radical (unpaired) electrons. The van der Waals surface area contributed by atoms with Gasteiger partial charge in [0.2, 0.25) is 0 Å².